The van der Waals surface area contributed by atoms with Gasteiger partial charge >= 0.3 is 23.8 Å². The Bertz CT molecular complexity index is 730. The normalized spacial score (nSPS) is 15.8. The highest BCUT2D eigenvalue weighted by Gasteiger charge is 2.38. The molecule has 3 N–H and O–H groups in total. The molecule has 0 radical (unpaired) electrons. The Balaban J connectivity index is 2.11. The van der Waals surface area contributed by atoms with Crippen molar-refractivity contribution in [1.29, 1.82) is 0 Å². The number of rotatable bonds is 3. The molecule has 0 unspecified atom stereocenters. The molecule has 0 saturated carbocycles. The number of aliphatic carboxylic acids is 1. The molecule has 1 aromatic rings. The fourth-order valence-corrected chi connectivity index (χ4v) is 1.81. The lowest BCUT2D eigenvalue weighted by Gasteiger charge is -2.29. The van der Waals surface area contributed by atoms with Gasteiger partial charge in [-0.2, -0.15) is 0 Å². The maximum absolute atomic E-state index is 11.8. The van der Waals surface area contributed by atoms with E-state index in [4.69, 9.17) is 14.6 Å². The van der Waals surface area contributed by atoms with E-state index in [-0.39, 0.29) is 11.3 Å². The fourth-order valence-electron chi connectivity index (χ4n) is 1.81. The van der Waals surface area contributed by atoms with Crippen LogP contribution in [0.5, 0.6) is 0 Å². The predicted octanol–water partition coefficient (Wildman–Crippen LogP) is 0.842. The number of hydrogen-bond acceptors (Lipinski definition) is 7. The van der Waals surface area contributed by atoms with Crippen molar-refractivity contribution in [2.45, 2.75) is 19.6 Å². The molecule has 9 nitrogen and oxygen atoms in total. The van der Waals surface area contributed by atoms with Gasteiger partial charge in [-0.15, -0.1) is 0 Å². The molecule has 24 heavy (non-hydrogen) atoms. The molecule has 2 rings (SSSR count). The second-order valence-corrected chi connectivity index (χ2v) is 5.22. The molecule has 0 bridgehead atoms. The third-order valence-electron chi connectivity index (χ3n) is 2.81. The van der Waals surface area contributed by atoms with Crippen molar-refractivity contribution in [3.8, 4) is 0 Å². The molecule has 0 aliphatic carbocycles. The van der Waals surface area contributed by atoms with Gasteiger partial charge in [-0.3, -0.25) is 4.79 Å². The highest BCUT2D eigenvalue weighted by Crippen LogP contribution is 2.23. The Kier molecular flexibility index (Phi) is 4.54. The molecule has 1 aliphatic rings. The number of carbonyl (C=O) groups excluding carboxylic acids is 3. The van der Waals surface area contributed by atoms with Gasteiger partial charge in [0.1, 0.15) is 0 Å². The van der Waals surface area contributed by atoms with Gasteiger partial charge in [0.25, 0.3) is 5.79 Å². The van der Waals surface area contributed by atoms with Crippen LogP contribution in [0.2, 0.25) is 0 Å². The number of ether oxygens (including phenoxy) is 2. The van der Waals surface area contributed by atoms with Crippen molar-refractivity contribution >= 4 is 35.2 Å². The second kappa shape index (κ2) is 6.41. The Morgan fingerprint density at radius 3 is 2.29 bits per heavy atom. The highest BCUT2D eigenvalue weighted by molar-refractivity contribution is 6.36. The van der Waals surface area contributed by atoms with Crippen LogP contribution in [-0.4, -0.2) is 34.7 Å². The largest absolute Gasteiger partial charge is 0.474 e. The van der Waals surface area contributed by atoms with Crippen LogP contribution in [0.15, 0.2) is 36.0 Å². The van der Waals surface area contributed by atoms with E-state index < -0.39 is 29.6 Å². The maximum Gasteiger partial charge on any atom is 0.394 e. The number of carboxylic acid groups (broad SMARTS) is 1. The third-order valence-corrected chi connectivity index (χ3v) is 2.81. The summed E-state index contributed by atoms with van der Waals surface area (Å²) >= 11 is 0. The van der Waals surface area contributed by atoms with Gasteiger partial charge in [-0.1, -0.05) is 6.07 Å². The number of cyclic esters (lactones) is 2. The van der Waals surface area contributed by atoms with Gasteiger partial charge in [0, 0.05) is 31.4 Å². The number of benzene rings is 1. The Hall–Kier alpha value is -3.36. The third kappa shape index (κ3) is 4.09. The first kappa shape index (κ1) is 17.0. The van der Waals surface area contributed by atoms with E-state index in [0.717, 1.165) is 6.20 Å². The lowest BCUT2D eigenvalue weighted by atomic mass is 10.2. The van der Waals surface area contributed by atoms with Gasteiger partial charge in [0.2, 0.25) is 0 Å². The van der Waals surface area contributed by atoms with Crippen molar-refractivity contribution in [2.75, 3.05) is 10.6 Å². The minimum atomic E-state index is -1.62. The molecule has 1 saturated heterocycles. The van der Waals surface area contributed by atoms with Crippen LogP contribution in [0.25, 0.3) is 0 Å². The predicted molar refractivity (Wildman–Crippen MR) is 80.7 cm³/mol. The minimum absolute atomic E-state index is 0.223. The highest BCUT2D eigenvalue weighted by atomic mass is 16.7. The lowest BCUT2D eigenvalue weighted by Crippen LogP contribution is -2.42. The Morgan fingerprint density at radius 1 is 1.12 bits per heavy atom. The van der Waals surface area contributed by atoms with Gasteiger partial charge in [0.15, 0.2) is 5.57 Å². The number of esters is 2. The molecule has 126 valence electrons. The van der Waals surface area contributed by atoms with Crippen molar-refractivity contribution < 1.29 is 33.8 Å². The number of anilines is 2. The Morgan fingerprint density at radius 2 is 1.71 bits per heavy atom. The van der Waals surface area contributed by atoms with Crippen molar-refractivity contribution in [1.82, 2.24) is 0 Å². The molecule has 1 amide bonds. The summed E-state index contributed by atoms with van der Waals surface area (Å²) in [6.45, 7) is 2.86. The summed E-state index contributed by atoms with van der Waals surface area (Å²) in [7, 11) is 0. The van der Waals surface area contributed by atoms with Crippen molar-refractivity contribution in [2.24, 2.45) is 0 Å². The number of amides is 1. The maximum atomic E-state index is 11.8. The van der Waals surface area contributed by atoms with Gasteiger partial charge in [-0.25, -0.2) is 14.4 Å². The number of nitrogens with one attached hydrogen (secondary N) is 2. The number of carbonyl (C=O) groups is 4. The van der Waals surface area contributed by atoms with Crippen LogP contribution >= 0.6 is 0 Å². The molecule has 1 fully saturated rings. The van der Waals surface area contributed by atoms with E-state index in [9.17, 15) is 19.2 Å². The van der Waals surface area contributed by atoms with Crippen LogP contribution < -0.4 is 10.6 Å². The van der Waals surface area contributed by atoms with E-state index in [2.05, 4.69) is 10.6 Å². The molecule has 1 aliphatic heterocycles. The first-order chi connectivity index (χ1) is 11.2. The first-order valence-corrected chi connectivity index (χ1v) is 6.76. The van der Waals surface area contributed by atoms with E-state index >= 15 is 0 Å². The summed E-state index contributed by atoms with van der Waals surface area (Å²) in [5.74, 6) is -5.80. The van der Waals surface area contributed by atoms with Crippen LogP contribution in [0.4, 0.5) is 11.4 Å². The molecule has 1 aromatic carbocycles. The summed E-state index contributed by atoms with van der Waals surface area (Å²) in [6.07, 6.45) is 1.11. The first-order valence-electron chi connectivity index (χ1n) is 6.76. The zero-order valence-electron chi connectivity index (χ0n) is 12.8. The second-order valence-electron chi connectivity index (χ2n) is 5.22. The van der Waals surface area contributed by atoms with Crippen molar-refractivity contribution in [3.05, 3.63) is 36.0 Å². The molecular formula is C15H14N2O7. The van der Waals surface area contributed by atoms with Crippen LogP contribution in [0.1, 0.15) is 13.8 Å². The van der Waals surface area contributed by atoms with Gasteiger partial charge in [-0.05, 0) is 18.2 Å². The smallest absolute Gasteiger partial charge is 0.394 e. The molecular weight excluding hydrogens is 320 g/mol. The monoisotopic (exact) mass is 334 g/mol. The van der Waals surface area contributed by atoms with Gasteiger partial charge < -0.3 is 25.2 Å². The zero-order chi connectivity index (χ0) is 17.9. The standard InChI is InChI=1S/C15H14N2O7/c1-15(2)23-13(21)10(14(22)24-15)7-16-8-4-3-5-9(6-8)17-11(18)12(19)20/h3-7,16H,1-2H3,(H,17,18)(H,19,20). The summed E-state index contributed by atoms with van der Waals surface area (Å²) in [5.41, 5.74) is 0.297. The van der Waals surface area contributed by atoms with Crippen LogP contribution in [0.3, 0.4) is 0 Å². The average molecular weight is 334 g/mol. The molecule has 0 atom stereocenters. The fraction of sp³-hybridized carbons (Fsp3) is 0.200. The Labute approximate surface area is 136 Å². The summed E-state index contributed by atoms with van der Waals surface area (Å²) in [6, 6.07) is 6.02. The van der Waals surface area contributed by atoms with Crippen LogP contribution in [0, 0.1) is 0 Å². The summed E-state index contributed by atoms with van der Waals surface area (Å²) in [4.78, 5) is 45.2. The molecule has 0 spiro atoms. The zero-order valence-corrected chi connectivity index (χ0v) is 12.8. The van der Waals surface area contributed by atoms with Gasteiger partial charge in [0.05, 0.1) is 0 Å². The molecule has 0 aromatic heterocycles. The molecule has 1 heterocycles. The average Bonchev–Trinajstić information content (AvgIpc) is 2.45. The van der Waals surface area contributed by atoms with Crippen LogP contribution in [-0.2, 0) is 28.7 Å². The lowest BCUT2D eigenvalue weighted by molar-refractivity contribution is -0.222. The minimum Gasteiger partial charge on any atom is -0.474 e. The number of carboxylic acids is 1. The van der Waals surface area contributed by atoms with E-state index in [1.54, 1.807) is 12.1 Å². The van der Waals surface area contributed by atoms with Crippen molar-refractivity contribution in [3.63, 3.8) is 0 Å². The summed E-state index contributed by atoms with van der Waals surface area (Å²) < 4.78 is 9.87. The quantitative estimate of drug-likeness (QED) is 0.321. The SMILES string of the molecule is CC1(C)OC(=O)C(=CNc2cccc(NC(=O)C(=O)O)c2)C(=O)O1. The topological polar surface area (TPSA) is 131 Å². The van der Waals surface area contributed by atoms with E-state index in [0.29, 0.717) is 5.69 Å². The number of hydrogen-bond donors (Lipinski definition) is 3. The van der Waals surface area contributed by atoms with E-state index in [1.807, 2.05) is 0 Å². The molecule has 9 heteroatoms. The van der Waals surface area contributed by atoms with E-state index in [1.165, 1.54) is 26.0 Å². The summed E-state index contributed by atoms with van der Waals surface area (Å²) in [5, 5.41) is 13.4.